The normalized spacial score (nSPS) is 11.4. The van der Waals surface area contributed by atoms with Crippen molar-refractivity contribution < 1.29 is 8.78 Å². The van der Waals surface area contributed by atoms with E-state index in [1.807, 2.05) is 20.0 Å². The highest BCUT2D eigenvalue weighted by Crippen LogP contribution is 2.15. The maximum absolute atomic E-state index is 12.6. The van der Waals surface area contributed by atoms with Crippen molar-refractivity contribution in [1.82, 2.24) is 19.6 Å². The van der Waals surface area contributed by atoms with Crippen molar-refractivity contribution >= 4 is 5.69 Å². The molecule has 0 fully saturated rings. The fourth-order valence-electron chi connectivity index (χ4n) is 1.56. The second-order valence-electron chi connectivity index (χ2n) is 4.20. The molecule has 0 saturated heterocycles. The third kappa shape index (κ3) is 2.66. The molecule has 0 radical (unpaired) electrons. The lowest BCUT2D eigenvalue weighted by atomic mass is 10.4. The Morgan fingerprint density at radius 2 is 2.11 bits per heavy atom. The largest absolute Gasteiger partial charge is 0.377 e. The number of hydrogen-bond acceptors (Lipinski definition) is 3. The highest BCUT2D eigenvalue weighted by Gasteiger charge is 2.11. The van der Waals surface area contributed by atoms with E-state index in [4.69, 9.17) is 0 Å². The number of nitrogens with one attached hydrogen (secondary N) is 1. The Balaban J connectivity index is 2.00. The van der Waals surface area contributed by atoms with E-state index in [0.29, 0.717) is 10.4 Å². The predicted molar refractivity (Wildman–Crippen MR) is 63.4 cm³/mol. The molecule has 0 amide bonds. The van der Waals surface area contributed by atoms with Crippen LogP contribution in [0.5, 0.6) is 0 Å². The molecule has 5 nitrogen and oxygen atoms in total. The molecule has 2 aromatic rings. The van der Waals surface area contributed by atoms with Crippen molar-refractivity contribution in [2.75, 3.05) is 5.32 Å². The molecule has 0 aliphatic heterocycles. The minimum Gasteiger partial charge on any atom is -0.377 e. The monoisotopic (exact) mass is 255 g/mol. The second-order valence-corrected chi connectivity index (χ2v) is 4.20. The van der Waals surface area contributed by atoms with E-state index in [9.17, 15) is 8.78 Å². The first-order valence-corrected chi connectivity index (χ1v) is 5.66. The molecule has 0 aromatic carbocycles. The van der Waals surface area contributed by atoms with Gasteiger partial charge in [0.2, 0.25) is 0 Å². The Morgan fingerprint density at radius 1 is 1.33 bits per heavy atom. The Labute approximate surface area is 103 Å². The summed E-state index contributed by atoms with van der Waals surface area (Å²) in [6.07, 6.45) is 4.87. The number of halogens is 2. The smallest absolute Gasteiger partial charge is 0.333 e. The van der Waals surface area contributed by atoms with E-state index < -0.39 is 6.55 Å². The maximum Gasteiger partial charge on any atom is 0.333 e. The molecule has 0 aliphatic carbocycles. The van der Waals surface area contributed by atoms with Crippen molar-refractivity contribution in [2.45, 2.75) is 33.0 Å². The highest BCUT2D eigenvalue weighted by atomic mass is 19.3. The van der Waals surface area contributed by atoms with E-state index in [1.165, 1.54) is 6.20 Å². The van der Waals surface area contributed by atoms with E-state index in [-0.39, 0.29) is 12.6 Å². The number of anilines is 1. The standard InChI is InChI=1S/C11H15F2N5/c1-8(2)17-7-9(5-16-17)14-6-10-3-4-15-18(10)11(12)13/h3-5,7-8,11,14H,6H2,1-2H3. The molecule has 2 aromatic heterocycles. The van der Waals surface area contributed by atoms with Crippen LogP contribution in [0.1, 0.15) is 32.1 Å². The van der Waals surface area contributed by atoms with Crippen molar-refractivity contribution in [3.63, 3.8) is 0 Å². The summed E-state index contributed by atoms with van der Waals surface area (Å²) < 4.78 is 27.6. The predicted octanol–water partition coefficient (Wildman–Crippen LogP) is 2.67. The summed E-state index contributed by atoms with van der Waals surface area (Å²) in [5.74, 6) is 0. The van der Waals surface area contributed by atoms with Gasteiger partial charge >= 0.3 is 6.55 Å². The molecule has 0 spiro atoms. The minimum absolute atomic E-state index is 0.271. The van der Waals surface area contributed by atoms with Gasteiger partial charge in [0.25, 0.3) is 0 Å². The zero-order chi connectivity index (χ0) is 13.1. The van der Waals surface area contributed by atoms with E-state index in [1.54, 1.807) is 16.9 Å². The molecule has 0 saturated carbocycles. The van der Waals surface area contributed by atoms with Gasteiger partial charge in [0, 0.05) is 18.4 Å². The average Bonchev–Trinajstić information content (AvgIpc) is 2.95. The number of rotatable bonds is 5. The Kier molecular flexibility index (Phi) is 3.59. The first kappa shape index (κ1) is 12.5. The molecule has 18 heavy (non-hydrogen) atoms. The van der Waals surface area contributed by atoms with Crippen molar-refractivity contribution in [3.05, 3.63) is 30.4 Å². The van der Waals surface area contributed by atoms with Gasteiger partial charge in [0.1, 0.15) is 0 Å². The molecule has 2 rings (SSSR count). The lowest BCUT2D eigenvalue weighted by Crippen LogP contribution is -2.09. The fourth-order valence-corrected chi connectivity index (χ4v) is 1.56. The quantitative estimate of drug-likeness (QED) is 0.893. The number of nitrogens with zero attached hydrogens (tertiary/aromatic N) is 4. The summed E-state index contributed by atoms with van der Waals surface area (Å²) >= 11 is 0. The number of alkyl halides is 2. The van der Waals surface area contributed by atoms with Gasteiger partial charge in [-0.05, 0) is 19.9 Å². The van der Waals surface area contributed by atoms with Gasteiger partial charge in [-0.1, -0.05) is 0 Å². The van der Waals surface area contributed by atoms with Crippen LogP contribution in [0.4, 0.5) is 14.5 Å². The fraction of sp³-hybridized carbons (Fsp3) is 0.455. The number of hydrogen-bond donors (Lipinski definition) is 1. The Bertz CT molecular complexity index is 503. The zero-order valence-corrected chi connectivity index (χ0v) is 10.2. The summed E-state index contributed by atoms with van der Waals surface area (Å²) in [6.45, 7) is 1.70. The third-order valence-electron chi connectivity index (χ3n) is 2.54. The van der Waals surface area contributed by atoms with Crippen molar-refractivity contribution in [1.29, 1.82) is 0 Å². The minimum atomic E-state index is -2.62. The molecule has 2 heterocycles. The lowest BCUT2D eigenvalue weighted by Gasteiger charge is -2.07. The molecule has 0 atom stereocenters. The van der Waals surface area contributed by atoms with Crippen LogP contribution in [-0.2, 0) is 6.54 Å². The lowest BCUT2D eigenvalue weighted by molar-refractivity contribution is 0.0537. The molecular formula is C11H15F2N5. The van der Waals surface area contributed by atoms with Crippen LogP contribution in [0.2, 0.25) is 0 Å². The third-order valence-corrected chi connectivity index (χ3v) is 2.54. The summed E-state index contributed by atoms with van der Waals surface area (Å²) in [6, 6.07) is 1.83. The van der Waals surface area contributed by atoms with Gasteiger partial charge in [-0.25, -0.2) is 4.68 Å². The average molecular weight is 255 g/mol. The van der Waals surface area contributed by atoms with Crippen LogP contribution in [0, 0.1) is 0 Å². The molecule has 0 bridgehead atoms. The van der Waals surface area contributed by atoms with Crippen molar-refractivity contribution in [3.8, 4) is 0 Å². The first-order valence-electron chi connectivity index (χ1n) is 5.66. The highest BCUT2D eigenvalue weighted by molar-refractivity contribution is 5.38. The summed E-state index contributed by atoms with van der Waals surface area (Å²) in [7, 11) is 0. The molecule has 0 unspecified atom stereocenters. The van der Waals surface area contributed by atoms with Crippen molar-refractivity contribution in [2.24, 2.45) is 0 Å². The molecular weight excluding hydrogens is 240 g/mol. The van der Waals surface area contributed by atoms with E-state index >= 15 is 0 Å². The van der Waals surface area contributed by atoms with Gasteiger partial charge in [-0.2, -0.15) is 19.0 Å². The maximum atomic E-state index is 12.6. The van der Waals surface area contributed by atoms with Crippen LogP contribution in [0.15, 0.2) is 24.7 Å². The number of aromatic nitrogens is 4. The van der Waals surface area contributed by atoms with Gasteiger partial charge in [-0.15, -0.1) is 0 Å². The van der Waals surface area contributed by atoms with Crippen LogP contribution in [0.25, 0.3) is 0 Å². The summed E-state index contributed by atoms with van der Waals surface area (Å²) in [5, 5.41) is 10.8. The Hall–Kier alpha value is -1.92. The van der Waals surface area contributed by atoms with Gasteiger partial charge in [0.15, 0.2) is 0 Å². The molecule has 1 N–H and O–H groups in total. The summed E-state index contributed by atoms with van der Waals surface area (Å²) in [4.78, 5) is 0. The Morgan fingerprint density at radius 3 is 2.72 bits per heavy atom. The zero-order valence-electron chi connectivity index (χ0n) is 10.2. The van der Waals surface area contributed by atoms with Crippen LogP contribution >= 0.6 is 0 Å². The first-order chi connectivity index (χ1) is 8.58. The van der Waals surface area contributed by atoms with Gasteiger partial charge in [0.05, 0.1) is 24.1 Å². The molecule has 0 aliphatic rings. The van der Waals surface area contributed by atoms with E-state index in [2.05, 4.69) is 15.5 Å². The van der Waals surface area contributed by atoms with Gasteiger partial charge < -0.3 is 5.32 Å². The second kappa shape index (κ2) is 5.16. The van der Waals surface area contributed by atoms with Crippen LogP contribution in [-0.4, -0.2) is 19.6 Å². The van der Waals surface area contributed by atoms with E-state index in [0.717, 1.165) is 5.69 Å². The summed E-state index contributed by atoms with van der Waals surface area (Å²) in [5.41, 5.74) is 1.23. The SMILES string of the molecule is CC(C)n1cc(NCc2ccnn2C(F)F)cn1. The van der Waals surface area contributed by atoms with Gasteiger partial charge in [-0.3, -0.25) is 4.68 Å². The molecule has 98 valence electrons. The molecule has 7 heteroatoms. The topological polar surface area (TPSA) is 47.7 Å². The van der Waals surface area contributed by atoms with Crippen LogP contribution in [0.3, 0.4) is 0 Å². The van der Waals surface area contributed by atoms with Crippen LogP contribution < -0.4 is 5.32 Å².